The lowest BCUT2D eigenvalue weighted by Crippen LogP contribution is -2.41. The smallest absolute Gasteiger partial charge is 0.410 e. The van der Waals surface area contributed by atoms with E-state index in [4.69, 9.17) is 4.74 Å². The van der Waals surface area contributed by atoms with Gasteiger partial charge in [0.15, 0.2) is 0 Å². The Kier molecular flexibility index (Phi) is 5.48. The standard InChI is InChI=1S/C18H27N5O4/c1-18(2,3)27-17(26)22-9-7-12(8-10-22)13-11-23(21-20-13)14-5-4-6-15(24)19-16(14)25/h11-12,14H,4-10H2,1-3H3,(H,19,24,25). The van der Waals surface area contributed by atoms with Crippen molar-refractivity contribution in [1.29, 1.82) is 0 Å². The summed E-state index contributed by atoms with van der Waals surface area (Å²) >= 11 is 0. The van der Waals surface area contributed by atoms with Crippen molar-refractivity contribution in [3.05, 3.63) is 11.9 Å². The molecular weight excluding hydrogens is 350 g/mol. The molecule has 1 atom stereocenters. The van der Waals surface area contributed by atoms with Crippen LogP contribution in [0.1, 0.15) is 70.5 Å². The highest BCUT2D eigenvalue weighted by atomic mass is 16.6. The highest BCUT2D eigenvalue weighted by molar-refractivity contribution is 5.97. The third-order valence-electron chi connectivity index (χ3n) is 4.86. The predicted molar refractivity (Wildman–Crippen MR) is 95.8 cm³/mol. The molecule has 1 N–H and O–H groups in total. The maximum Gasteiger partial charge on any atom is 0.410 e. The van der Waals surface area contributed by atoms with E-state index in [0.717, 1.165) is 18.5 Å². The molecule has 2 saturated heterocycles. The molecule has 2 aliphatic heterocycles. The Morgan fingerprint density at radius 3 is 2.59 bits per heavy atom. The fourth-order valence-electron chi connectivity index (χ4n) is 3.44. The second-order valence-electron chi connectivity index (χ2n) is 8.19. The summed E-state index contributed by atoms with van der Waals surface area (Å²) in [7, 11) is 0. The lowest BCUT2D eigenvalue weighted by Gasteiger charge is -2.32. The second-order valence-corrected chi connectivity index (χ2v) is 8.19. The van der Waals surface area contributed by atoms with Crippen molar-refractivity contribution in [3.63, 3.8) is 0 Å². The minimum atomic E-state index is -0.503. The quantitative estimate of drug-likeness (QED) is 0.787. The molecule has 148 valence electrons. The van der Waals surface area contributed by atoms with Crippen molar-refractivity contribution in [3.8, 4) is 0 Å². The largest absolute Gasteiger partial charge is 0.444 e. The molecule has 3 rings (SSSR count). The van der Waals surface area contributed by atoms with Gasteiger partial charge in [-0.2, -0.15) is 0 Å². The van der Waals surface area contributed by atoms with Crippen LogP contribution < -0.4 is 5.32 Å². The molecule has 3 heterocycles. The molecule has 27 heavy (non-hydrogen) atoms. The SMILES string of the molecule is CC(C)(C)OC(=O)N1CCC(c2cn(C3CCCC(=O)NC3=O)nn2)CC1. The number of ether oxygens (including phenoxy) is 1. The van der Waals surface area contributed by atoms with Gasteiger partial charge in [-0.1, -0.05) is 5.21 Å². The molecule has 0 saturated carbocycles. The third-order valence-corrected chi connectivity index (χ3v) is 4.86. The molecule has 1 aromatic rings. The first-order valence-corrected chi connectivity index (χ1v) is 9.46. The van der Waals surface area contributed by atoms with Crippen molar-refractivity contribution in [2.45, 2.75) is 70.4 Å². The Morgan fingerprint density at radius 1 is 1.22 bits per heavy atom. The van der Waals surface area contributed by atoms with Crippen LogP contribution in [0.15, 0.2) is 6.20 Å². The Bertz CT molecular complexity index is 716. The Hall–Kier alpha value is -2.45. The van der Waals surface area contributed by atoms with E-state index in [-0.39, 0.29) is 23.8 Å². The fraction of sp³-hybridized carbons (Fsp3) is 0.722. The fourth-order valence-corrected chi connectivity index (χ4v) is 3.44. The van der Waals surface area contributed by atoms with E-state index >= 15 is 0 Å². The summed E-state index contributed by atoms with van der Waals surface area (Å²) in [5.41, 5.74) is 0.319. The van der Waals surface area contributed by atoms with Crippen LogP contribution in [0, 0.1) is 0 Å². The first-order chi connectivity index (χ1) is 12.7. The number of nitrogens with one attached hydrogen (secondary N) is 1. The van der Waals surface area contributed by atoms with Crippen molar-refractivity contribution < 1.29 is 19.1 Å². The van der Waals surface area contributed by atoms with Gasteiger partial charge in [-0.25, -0.2) is 9.48 Å². The van der Waals surface area contributed by atoms with Gasteiger partial charge in [-0.05, 0) is 46.5 Å². The molecule has 0 radical (unpaired) electrons. The van der Waals surface area contributed by atoms with Gasteiger partial charge in [0.1, 0.15) is 11.6 Å². The third kappa shape index (κ3) is 4.84. The summed E-state index contributed by atoms with van der Waals surface area (Å²) in [6.45, 7) is 6.77. The molecule has 0 spiro atoms. The number of rotatable bonds is 2. The van der Waals surface area contributed by atoms with Gasteiger partial charge >= 0.3 is 6.09 Å². The maximum absolute atomic E-state index is 12.2. The topological polar surface area (TPSA) is 106 Å². The average molecular weight is 377 g/mol. The van der Waals surface area contributed by atoms with E-state index in [2.05, 4.69) is 15.6 Å². The van der Waals surface area contributed by atoms with Crippen molar-refractivity contribution in [1.82, 2.24) is 25.2 Å². The van der Waals surface area contributed by atoms with E-state index in [0.29, 0.717) is 32.4 Å². The number of likely N-dealkylation sites (tertiary alicyclic amines) is 1. The first kappa shape index (κ1) is 19.3. The van der Waals surface area contributed by atoms with Crippen molar-refractivity contribution >= 4 is 17.9 Å². The second kappa shape index (κ2) is 7.66. The molecule has 9 nitrogen and oxygen atoms in total. The average Bonchev–Trinajstić information content (AvgIpc) is 3.00. The monoisotopic (exact) mass is 377 g/mol. The van der Waals surface area contributed by atoms with E-state index < -0.39 is 11.6 Å². The summed E-state index contributed by atoms with van der Waals surface area (Å²) in [4.78, 5) is 37.5. The van der Waals surface area contributed by atoms with E-state index in [1.54, 1.807) is 15.8 Å². The molecule has 0 aliphatic carbocycles. The maximum atomic E-state index is 12.2. The molecule has 3 amide bonds. The number of nitrogens with zero attached hydrogens (tertiary/aromatic N) is 4. The van der Waals surface area contributed by atoms with Crippen LogP contribution >= 0.6 is 0 Å². The van der Waals surface area contributed by atoms with E-state index in [1.807, 2.05) is 20.8 Å². The molecule has 2 fully saturated rings. The number of hydrogen-bond acceptors (Lipinski definition) is 6. The highest BCUT2D eigenvalue weighted by Crippen LogP contribution is 2.28. The van der Waals surface area contributed by atoms with Crippen LogP contribution in [0.4, 0.5) is 4.79 Å². The molecule has 9 heteroatoms. The Balaban J connectivity index is 1.59. The zero-order valence-corrected chi connectivity index (χ0v) is 16.1. The van der Waals surface area contributed by atoms with Crippen LogP contribution in [-0.4, -0.2) is 56.5 Å². The number of aromatic nitrogens is 3. The number of piperidine rings is 1. The summed E-state index contributed by atoms with van der Waals surface area (Å²) < 4.78 is 6.98. The molecular formula is C18H27N5O4. The minimum absolute atomic E-state index is 0.188. The van der Waals surface area contributed by atoms with Gasteiger partial charge in [-0.15, -0.1) is 5.10 Å². The Labute approximate surface area is 158 Å². The molecule has 0 bridgehead atoms. The minimum Gasteiger partial charge on any atom is -0.444 e. The highest BCUT2D eigenvalue weighted by Gasteiger charge is 2.31. The lowest BCUT2D eigenvalue weighted by atomic mass is 9.94. The summed E-state index contributed by atoms with van der Waals surface area (Å²) in [5.74, 6) is -0.376. The van der Waals surface area contributed by atoms with E-state index in [9.17, 15) is 14.4 Å². The van der Waals surface area contributed by atoms with Gasteiger partial charge in [0.2, 0.25) is 5.91 Å². The Morgan fingerprint density at radius 2 is 1.93 bits per heavy atom. The normalized spacial score (nSPS) is 22.3. The number of hydrogen-bond donors (Lipinski definition) is 1. The van der Waals surface area contributed by atoms with Gasteiger partial charge in [0, 0.05) is 31.6 Å². The zero-order chi connectivity index (χ0) is 19.6. The van der Waals surface area contributed by atoms with Crippen molar-refractivity contribution in [2.75, 3.05) is 13.1 Å². The number of carbonyl (C=O) groups is 3. The summed E-state index contributed by atoms with van der Waals surface area (Å²) in [6, 6.07) is -0.500. The van der Waals surface area contributed by atoms with Crippen LogP contribution in [0.2, 0.25) is 0 Å². The number of carbonyl (C=O) groups excluding carboxylic acids is 3. The van der Waals surface area contributed by atoms with Crippen molar-refractivity contribution in [2.24, 2.45) is 0 Å². The first-order valence-electron chi connectivity index (χ1n) is 9.46. The molecule has 1 unspecified atom stereocenters. The van der Waals surface area contributed by atoms with Gasteiger partial charge < -0.3 is 9.64 Å². The van der Waals surface area contributed by atoms with Crippen LogP contribution in [0.3, 0.4) is 0 Å². The van der Waals surface area contributed by atoms with Gasteiger partial charge in [0.05, 0.1) is 5.69 Å². The number of amides is 3. The predicted octanol–water partition coefficient (Wildman–Crippen LogP) is 1.76. The van der Waals surface area contributed by atoms with Gasteiger partial charge in [-0.3, -0.25) is 14.9 Å². The zero-order valence-electron chi connectivity index (χ0n) is 16.1. The lowest BCUT2D eigenvalue weighted by molar-refractivity contribution is -0.131. The van der Waals surface area contributed by atoms with Gasteiger partial charge in [0.25, 0.3) is 5.91 Å². The van der Waals surface area contributed by atoms with Crippen LogP contribution in [-0.2, 0) is 14.3 Å². The molecule has 0 aromatic carbocycles. The summed E-state index contributed by atoms with van der Waals surface area (Å²) in [5, 5.41) is 10.8. The summed E-state index contributed by atoms with van der Waals surface area (Å²) in [6.07, 6.45) is 4.62. The molecule has 1 aromatic heterocycles. The van der Waals surface area contributed by atoms with Crippen LogP contribution in [0.5, 0.6) is 0 Å². The van der Waals surface area contributed by atoms with Crippen LogP contribution in [0.25, 0.3) is 0 Å². The molecule has 2 aliphatic rings. The number of imide groups is 1. The van der Waals surface area contributed by atoms with E-state index in [1.165, 1.54) is 0 Å².